The van der Waals surface area contributed by atoms with Gasteiger partial charge in [-0.1, -0.05) is 25.4 Å². The first-order valence-corrected chi connectivity index (χ1v) is 6.94. The molecule has 0 amide bonds. The van der Waals surface area contributed by atoms with Crippen molar-refractivity contribution < 1.29 is 4.79 Å². The number of carbonyl (C=O) groups excluding carboxylic acids is 1. The van der Waals surface area contributed by atoms with Gasteiger partial charge >= 0.3 is 0 Å². The number of hydrogen-bond donors (Lipinski definition) is 1. The van der Waals surface area contributed by atoms with Gasteiger partial charge < -0.3 is 5.73 Å². The van der Waals surface area contributed by atoms with E-state index >= 15 is 0 Å². The molecule has 0 heterocycles. The summed E-state index contributed by atoms with van der Waals surface area (Å²) in [5.41, 5.74) is 6.94. The van der Waals surface area contributed by atoms with Crippen LogP contribution in [0.3, 0.4) is 0 Å². The molecule has 0 radical (unpaired) electrons. The van der Waals surface area contributed by atoms with E-state index in [-0.39, 0.29) is 11.7 Å². The highest BCUT2D eigenvalue weighted by atomic mass is 35.5. The van der Waals surface area contributed by atoms with Gasteiger partial charge in [0.1, 0.15) is 0 Å². The minimum absolute atomic E-state index is 0.143. The molecule has 0 aromatic heterocycles. The Morgan fingerprint density at radius 2 is 1.83 bits per heavy atom. The van der Waals surface area contributed by atoms with E-state index in [1.165, 1.54) is 6.42 Å². The normalized spacial score (nSPS) is 28.1. The van der Waals surface area contributed by atoms with Crippen LogP contribution in [-0.2, 0) is 0 Å². The fourth-order valence-corrected chi connectivity index (χ4v) is 3.21. The van der Waals surface area contributed by atoms with Gasteiger partial charge in [0.2, 0.25) is 0 Å². The standard InChI is InChI=1S/C15H20ClNO/c1-9-5-10(2)7-12(6-9)15(18)11-3-4-13(16)14(17)8-11/h3-4,8-10,12H,5-7,17H2,1-2H3. The van der Waals surface area contributed by atoms with Crippen LogP contribution in [0.2, 0.25) is 5.02 Å². The molecular formula is C15H20ClNO. The molecule has 3 heteroatoms. The molecule has 2 N–H and O–H groups in total. The summed E-state index contributed by atoms with van der Waals surface area (Å²) in [4.78, 5) is 12.5. The Morgan fingerprint density at radius 3 is 2.39 bits per heavy atom. The topological polar surface area (TPSA) is 43.1 Å². The van der Waals surface area contributed by atoms with Gasteiger partial charge in [0.25, 0.3) is 0 Å². The minimum Gasteiger partial charge on any atom is -0.398 e. The maximum atomic E-state index is 12.5. The van der Waals surface area contributed by atoms with Crippen molar-refractivity contribution in [2.45, 2.75) is 33.1 Å². The fourth-order valence-electron chi connectivity index (χ4n) is 3.09. The molecule has 2 nitrogen and oxygen atoms in total. The Bertz CT molecular complexity index is 448. The van der Waals surface area contributed by atoms with Crippen molar-refractivity contribution in [2.75, 3.05) is 5.73 Å². The predicted molar refractivity (Wildman–Crippen MR) is 75.9 cm³/mol. The molecule has 1 aromatic carbocycles. The van der Waals surface area contributed by atoms with Crippen LogP contribution in [-0.4, -0.2) is 5.78 Å². The van der Waals surface area contributed by atoms with Gasteiger partial charge in [0, 0.05) is 11.5 Å². The zero-order valence-electron chi connectivity index (χ0n) is 10.9. The average Bonchev–Trinajstić information content (AvgIpc) is 2.30. The third kappa shape index (κ3) is 2.86. The summed E-state index contributed by atoms with van der Waals surface area (Å²) in [6, 6.07) is 5.19. The van der Waals surface area contributed by atoms with Crippen molar-refractivity contribution in [1.82, 2.24) is 0 Å². The lowest BCUT2D eigenvalue weighted by Crippen LogP contribution is -2.26. The smallest absolute Gasteiger partial charge is 0.166 e. The van der Waals surface area contributed by atoms with E-state index in [9.17, 15) is 4.79 Å². The second kappa shape index (κ2) is 5.31. The van der Waals surface area contributed by atoms with Crippen LogP contribution in [0, 0.1) is 17.8 Å². The molecule has 1 saturated carbocycles. The molecule has 0 saturated heterocycles. The van der Waals surface area contributed by atoms with Crippen LogP contribution in [0.25, 0.3) is 0 Å². The van der Waals surface area contributed by atoms with Crippen molar-refractivity contribution in [3.05, 3.63) is 28.8 Å². The monoisotopic (exact) mass is 265 g/mol. The summed E-state index contributed by atoms with van der Waals surface area (Å²) in [7, 11) is 0. The van der Waals surface area contributed by atoms with E-state index in [2.05, 4.69) is 13.8 Å². The van der Waals surface area contributed by atoms with Crippen molar-refractivity contribution in [3.8, 4) is 0 Å². The fraction of sp³-hybridized carbons (Fsp3) is 0.533. The third-order valence-electron chi connectivity index (χ3n) is 3.83. The van der Waals surface area contributed by atoms with Crippen molar-refractivity contribution in [2.24, 2.45) is 17.8 Å². The molecule has 1 aliphatic carbocycles. The number of benzene rings is 1. The first-order chi connectivity index (χ1) is 8.47. The minimum atomic E-state index is 0.143. The molecule has 2 atom stereocenters. The molecule has 1 aromatic rings. The van der Waals surface area contributed by atoms with Crippen LogP contribution in [0.15, 0.2) is 18.2 Å². The molecule has 98 valence electrons. The molecule has 0 spiro atoms. The van der Waals surface area contributed by atoms with Crippen LogP contribution >= 0.6 is 11.6 Å². The summed E-state index contributed by atoms with van der Waals surface area (Å²) >= 11 is 5.88. The third-order valence-corrected chi connectivity index (χ3v) is 4.17. The maximum Gasteiger partial charge on any atom is 0.166 e. The SMILES string of the molecule is CC1CC(C)CC(C(=O)c2ccc(Cl)c(N)c2)C1. The summed E-state index contributed by atoms with van der Waals surface area (Å²) < 4.78 is 0. The van der Waals surface area contributed by atoms with Crippen molar-refractivity contribution in [1.29, 1.82) is 0 Å². The van der Waals surface area contributed by atoms with E-state index < -0.39 is 0 Å². The second-order valence-corrected chi connectivity index (χ2v) is 6.12. The quantitative estimate of drug-likeness (QED) is 0.644. The summed E-state index contributed by atoms with van der Waals surface area (Å²) in [5, 5.41) is 0.511. The number of Topliss-reactive ketones (excluding diaryl/α,β-unsaturated/α-hetero) is 1. The highest BCUT2D eigenvalue weighted by Gasteiger charge is 2.29. The molecular weight excluding hydrogens is 246 g/mol. The average molecular weight is 266 g/mol. The lowest BCUT2D eigenvalue weighted by atomic mass is 9.74. The summed E-state index contributed by atoms with van der Waals surface area (Å²) in [6.07, 6.45) is 3.21. The molecule has 2 unspecified atom stereocenters. The first-order valence-electron chi connectivity index (χ1n) is 6.56. The van der Waals surface area contributed by atoms with Gasteiger partial charge in [-0.3, -0.25) is 4.79 Å². The van der Waals surface area contributed by atoms with Gasteiger partial charge in [-0.15, -0.1) is 0 Å². The van der Waals surface area contributed by atoms with Crippen LogP contribution < -0.4 is 5.73 Å². The van der Waals surface area contributed by atoms with E-state index in [4.69, 9.17) is 17.3 Å². The Labute approximate surface area is 114 Å². The summed E-state index contributed by atoms with van der Waals surface area (Å²) in [6.45, 7) is 4.46. The molecule has 2 rings (SSSR count). The highest BCUT2D eigenvalue weighted by molar-refractivity contribution is 6.33. The number of halogens is 1. The number of hydrogen-bond acceptors (Lipinski definition) is 2. The van der Waals surface area contributed by atoms with Crippen LogP contribution in [0.5, 0.6) is 0 Å². The Hall–Kier alpha value is -1.02. The predicted octanol–water partition coefficient (Wildman–Crippen LogP) is 4.18. The number of nitrogen functional groups attached to an aromatic ring is 1. The van der Waals surface area contributed by atoms with Crippen molar-refractivity contribution >= 4 is 23.1 Å². The first kappa shape index (κ1) is 13.4. The van der Waals surface area contributed by atoms with Gasteiger partial charge in [0.05, 0.1) is 10.7 Å². The number of rotatable bonds is 2. The number of carbonyl (C=O) groups is 1. The molecule has 0 bridgehead atoms. The number of nitrogens with two attached hydrogens (primary N) is 1. The lowest BCUT2D eigenvalue weighted by molar-refractivity contribution is 0.0836. The lowest BCUT2D eigenvalue weighted by Gasteiger charge is -2.30. The van der Waals surface area contributed by atoms with Gasteiger partial charge in [-0.2, -0.15) is 0 Å². The number of anilines is 1. The maximum absolute atomic E-state index is 12.5. The van der Waals surface area contributed by atoms with E-state index in [1.54, 1.807) is 18.2 Å². The molecule has 1 fully saturated rings. The second-order valence-electron chi connectivity index (χ2n) is 5.71. The van der Waals surface area contributed by atoms with Gasteiger partial charge in [0.15, 0.2) is 5.78 Å². The Morgan fingerprint density at radius 1 is 1.22 bits per heavy atom. The molecule has 1 aliphatic rings. The molecule has 0 aliphatic heterocycles. The van der Waals surface area contributed by atoms with Crippen molar-refractivity contribution in [3.63, 3.8) is 0 Å². The zero-order valence-corrected chi connectivity index (χ0v) is 11.7. The van der Waals surface area contributed by atoms with Gasteiger partial charge in [-0.25, -0.2) is 0 Å². The zero-order chi connectivity index (χ0) is 13.3. The van der Waals surface area contributed by atoms with Crippen LogP contribution in [0.4, 0.5) is 5.69 Å². The van der Waals surface area contributed by atoms with Crippen LogP contribution in [0.1, 0.15) is 43.5 Å². The van der Waals surface area contributed by atoms with E-state index in [1.807, 2.05) is 0 Å². The summed E-state index contributed by atoms with van der Waals surface area (Å²) in [5.74, 6) is 1.63. The van der Waals surface area contributed by atoms with Gasteiger partial charge in [-0.05, 0) is 49.3 Å². The number of ketones is 1. The molecule has 18 heavy (non-hydrogen) atoms. The Balaban J connectivity index is 2.17. The van der Waals surface area contributed by atoms with E-state index in [0.29, 0.717) is 28.1 Å². The largest absolute Gasteiger partial charge is 0.398 e. The van der Waals surface area contributed by atoms with E-state index in [0.717, 1.165) is 12.8 Å². The Kier molecular flexibility index (Phi) is 3.96. The highest BCUT2D eigenvalue weighted by Crippen LogP contribution is 2.35.